The van der Waals surface area contributed by atoms with Crippen LogP contribution in [0, 0.1) is 5.82 Å². The first-order chi connectivity index (χ1) is 9.61. The van der Waals surface area contributed by atoms with Gasteiger partial charge in [-0.3, -0.25) is 10.6 Å². The number of amides is 1. The third-order valence-electron chi connectivity index (χ3n) is 3.23. The molecular formula is C13H19FN4O2. The molecular weight excluding hydrogens is 263 g/mol. The zero-order valence-electron chi connectivity index (χ0n) is 11.4. The minimum atomic E-state index is -0.561. The van der Waals surface area contributed by atoms with E-state index in [2.05, 4.69) is 15.6 Å². The quantitative estimate of drug-likeness (QED) is 0.542. The van der Waals surface area contributed by atoms with Gasteiger partial charge in [0.2, 0.25) is 0 Å². The highest BCUT2D eigenvalue weighted by Gasteiger charge is 2.20. The largest absolute Gasteiger partial charge is 0.374 e. The second kappa shape index (κ2) is 6.65. The molecule has 20 heavy (non-hydrogen) atoms. The van der Waals surface area contributed by atoms with Crippen molar-refractivity contribution < 1.29 is 13.9 Å². The Bertz CT molecular complexity index is 483. The predicted octanol–water partition coefficient (Wildman–Crippen LogP) is 0.172. The number of carbonyl (C=O) groups excluding carboxylic acids is 1. The van der Waals surface area contributed by atoms with E-state index in [0.717, 1.165) is 13.1 Å². The monoisotopic (exact) mass is 282 g/mol. The van der Waals surface area contributed by atoms with Crippen LogP contribution in [0.25, 0.3) is 0 Å². The van der Waals surface area contributed by atoms with Crippen molar-refractivity contribution in [1.29, 1.82) is 0 Å². The number of hydrazine groups is 1. The van der Waals surface area contributed by atoms with Crippen LogP contribution in [-0.4, -0.2) is 50.2 Å². The topological polar surface area (TPSA) is 79.6 Å². The Morgan fingerprint density at radius 3 is 3.10 bits per heavy atom. The van der Waals surface area contributed by atoms with Gasteiger partial charge in [0.25, 0.3) is 5.91 Å². The van der Waals surface area contributed by atoms with E-state index in [4.69, 9.17) is 10.6 Å². The summed E-state index contributed by atoms with van der Waals surface area (Å²) in [6, 6.07) is 4.22. The van der Waals surface area contributed by atoms with E-state index in [1.54, 1.807) is 0 Å². The summed E-state index contributed by atoms with van der Waals surface area (Å²) in [6.07, 6.45) is -0.0551. The fourth-order valence-electron chi connectivity index (χ4n) is 2.15. The van der Waals surface area contributed by atoms with E-state index in [0.29, 0.717) is 13.2 Å². The van der Waals surface area contributed by atoms with E-state index in [-0.39, 0.29) is 23.3 Å². The summed E-state index contributed by atoms with van der Waals surface area (Å²) in [5.74, 6) is 4.30. The fourth-order valence-corrected chi connectivity index (χ4v) is 2.15. The molecule has 0 bridgehead atoms. The van der Waals surface area contributed by atoms with Gasteiger partial charge in [-0.2, -0.15) is 0 Å². The molecule has 0 radical (unpaired) electrons. The van der Waals surface area contributed by atoms with Crippen molar-refractivity contribution in [3.05, 3.63) is 29.6 Å². The first-order valence-electron chi connectivity index (χ1n) is 6.45. The summed E-state index contributed by atoms with van der Waals surface area (Å²) in [5.41, 5.74) is 2.38. The number of ether oxygens (including phenoxy) is 1. The van der Waals surface area contributed by atoms with Crippen molar-refractivity contribution in [2.45, 2.75) is 6.10 Å². The van der Waals surface area contributed by atoms with Crippen molar-refractivity contribution in [1.82, 2.24) is 10.2 Å². The molecule has 1 heterocycles. The molecule has 1 aromatic carbocycles. The maximum absolute atomic E-state index is 13.5. The summed E-state index contributed by atoms with van der Waals surface area (Å²) in [6.45, 7) is 2.66. The highest BCUT2D eigenvalue weighted by molar-refractivity contribution is 5.99. The second-order valence-electron chi connectivity index (χ2n) is 4.77. The van der Waals surface area contributed by atoms with Crippen LogP contribution in [0.5, 0.6) is 0 Å². The number of nitrogens with two attached hydrogens (primary N) is 1. The molecule has 1 unspecified atom stereocenters. The maximum Gasteiger partial charge on any atom is 0.253 e. The van der Waals surface area contributed by atoms with Crippen molar-refractivity contribution in [3.63, 3.8) is 0 Å². The van der Waals surface area contributed by atoms with Gasteiger partial charge in [0.05, 0.1) is 24.0 Å². The van der Waals surface area contributed by atoms with E-state index < -0.39 is 5.82 Å². The molecule has 0 spiro atoms. The molecule has 1 atom stereocenters. The number of carbonyl (C=O) groups is 1. The molecule has 0 aliphatic carbocycles. The van der Waals surface area contributed by atoms with Crippen LogP contribution in [0.3, 0.4) is 0 Å². The van der Waals surface area contributed by atoms with E-state index in [9.17, 15) is 9.18 Å². The molecule has 1 aliphatic rings. The number of anilines is 1. The second-order valence-corrected chi connectivity index (χ2v) is 4.77. The molecule has 1 fully saturated rings. The van der Waals surface area contributed by atoms with Gasteiger partial charge in [-0.25, -0.2) is 4.39 Å². The van der Waals surface area contributed by atoms with Gasteiger partial charge in [0.15, 0.2) is 0 Å². The Balaban J connectivity index is 1.96. The van der Waals surface area contributed by atoms with Gasteiger partial charge in [0.1, 0.15) is 5.82 Å². The number of benzene rings is 1. The van der Waals surface area contributed by atoms with Gasteiger partial charge in [-0.15, -0.1) is 0 Å². The highest BCUT2D eigenvalue weighted by Crippen LogP contribution is 2.18. The smallest absolute Gasteiger partial charge is 0.253 e. The lowest BCUT2D eigenvalue weighted by molar-refractivity contribution is -0.0175. The van der Waals surface area contributed by atoms with Crippen molar-refractivity contribution in [2.75, 3.05) is 38.7 Å². The Kier molecular flexibility index (Phi) is 4.89. The van der Waals surface area contributed by atoms with Crippen LogP contribution in [0.15, 0.2) is 18.2 Å². The average molecular weight is 282 g/mol. The summed E-state index contributed by atoms with van der Waals surface area (Å²) in [5, 5.41) is 2.74. The Morgan fingerprint density at radius 1 is 1.60 bits per heavy atom. The number of morpholine rings is 1. The normalized spacial score (nSPS) is 19.6. The number of hydrogen-bond donors (Lipinski definition) is 3. The summed E-state index contributed by atoms with van der Waals surface area (Å²) < 4.78 is 19.0. The summed E-state index contributed by atoms with van der Waals surface area (Å²) in [4.78, 5) is 14.2. The van der Waals surface area contributed by atoms with Gasteiger partial charge < -0.3 is 20.4 Å². The molecule has 1 aromatic rings. The lowest BCUT2D eigenvalue weighted by atomic mass is 10.1. The first-order valence-corrected chi connectivity index (χ1v) is 6.45. The fraction of sp³-hybridized carbons (Fsp3) is 0.462. The number of likely N-dealkylation sites (N-methyl/N-ethyl adjacent to an activating group) is 1. The Morgan fingerprint density at radius 2 is 2.40 bits per heavy atom. The first kappa shape index (κ1) is 14.7. The minimum absolute atomic E-state index is 0.00770. The lowest BCUT2D eigenvalue weighted by Gasteiger charge is -2.30. The molecule has 110 valence electrons. The number of nitrogens with one attached hydrogen (secondary N) is 2. The number of hydrogen-bond acceptors (Lipinski definition) is 5. The van der Waals surface area contributed by atoms with Crippen LogP contribution in [0.1, 0.15) is 10.4 Å². The van der Waals surface area contributed by atoms with E-state index in [1.165, 1.54) is 18.2 Å². The van der Waals surface area contributed by atoms with Gasteiger partial charge in [-0.05, 0) is 19.2 Å². The molecule has 1 saturated heterocycles. The Labute approximate surface area is 117 Å². The molecule has 0 aromatic heterocycles. The van der Waals surface area contributed by atoms with E-state index >= 15 is 0 Å². The summed E-state index contributed by atoms with van der Waals surface area (Å²) >= 11 is 0. The van der Waals surface area contributed by atoms with Crippen LogP contribution in [0.2, 0.25) is 0 Å². The zero-order valence-corrected chi connectivity index (χ0v) is 11.4. The summed E-state index contributed by atoms with van der Waals surface area (Å²) in [7, 11) is 2.00. The third kappa shape index (κ3) is 3.44. The molecule has 4 N–H and O–H groups in total. The van der Waals surface area contributed by atoms with Crippen molar-refractivity contribution in [3.8, 4) is 0 Å². The van der Waals surface area contributed by atoms with Crippen LogP contribution < -0.4 is 16.6 Å². The van der Waals surface area contributed by atoms with Gasteiger partial charge in [0, 0.05) is 19.6 Å². The van der Waals surface area contributed by atoms with Crippen molar-refractivity contribution in [2.24, 2.45) is 5.84 Å². The number of nitrogen functional groups attached to an aromatic ring is 1. The molecule has 6 nitrogen and oxygen atoms in total. The minimum Gasteiger partial charge on any atom is -0.374 e. The standard InChI is InChI=1S/C13H19FN4O2/c1-18-5-6-20-9(8-18)7-16-13(19)10-3-2-4-11(14)12(10)17-15/h2-4,9,17H,5-8,15H2,1H3,(H,16,19). The number of halogens is 1. The molecule has 0 saturated carbocycles. The predicted molar refractivity (Wildman–Crippen MR) is 73.8 cm³/mol. The third-order valence-corrected chi connectivity index (χ3v) is 3.23. The molecule has 7 heteroatoms. The highest BCUT2D eigenvalue weighted by atomic mass is 19.1. The molecule has 1 aliphatic heterocycles. The van der Waals surface area contributed by atoms with Crippen LogP contribution in [-0.2, 0) is 4.74 Å². The Hall–Kier alpha value is -1.70. The van der Waals surface area contributed by atoms with E-state index in [1.807, 2.05) is 7.05 Å². The zero-order chi connectivity index (χ0) is 14.5. The molecule has 1 amide bonds. The number of rotatable bonds is 4. The van der Waals surface area contributed by atoms with Crippen LogP contribution >= 0.6 is 0 Å². The lowest BCUT2D eigenvalue weighted by Crippen LogP contribution is -2.46. The van der Waals surface area contributed by atoms with Gasteiger partial charge >= 0.3 is 0 Å². The molecule has 2 rings (SSSR count). The van der Waals surface area contributed by atoms with Crippen LogP contribution in [0.4, 0.5) is 10.1 Å². The van der Waals surface area contributed by atoms with Gasteiger partial charge in [-0.1, -0.05) is 6.07 Å². The average Bonchev–Trinajstić information content (AvgIpc) is 2.44. The number of nitrogens with zero attached hydrogens (tertiary/aromatic N) is 1. The SMILES string of the molecule is CN1CCOC(CNC(=O)c2cccc(F)c2NN)C1. The maximum atomic E-state index is 13.5. The number of para-hydroxylation sites is 1. The van der Waals surface area contributed by atoms with Crippen molar-refractivity contribution >= 4 is 11.6 Å².